The third kappa shape index (κ3) is 4.05. The minimum Gasteiger partial charge on any atom is -0.313 e. The van der Waals surface area contributed by atoms with E-state index < -0.39 is 0 Å². The molecule has 0 aliphatic carbocycles. The molecular weight excluding hydrogens is 190 g/mol. The molecule has 1 fully saturated rings. The molecule has 0 radical (unpaired) electrons. The molecule has 1 saturated heterocycles. The molecule has 1 N–H and O–H groups in total. The van der Waals surface area contributed by atoms with E-state index in [-0.39, 0.29) is 0 Å². The summed E-state index contributed by atoms with van der Waals surface area (Å²) in [7, 11) is 0. The second kappa shape index (κ2) is 6.52. The molecule has 2 heteroatoms. The van der Waals surface area contributed by atoms with E-state index in [0.717, 1.165) is 19.0 Å². The van der Waals surface area contributed by atoms with Crippen LogP contribution in [0.3, 0.4) is 0 Å². The summed E-state index contributed by atoms with van der Waals surface area (Å²) < 4.78 is 0. The van der Waals surface area contributed by atoms with E-state index in [1.165, 1.54) is 17.9 Å². The summed E-state index contributed by atoms with van der Waals surface area (Å²) in [6.07, 6.45) is 3.90. The van der Waals surface area contributed by atoms with Crippen LogP contribution in [0.2, 0.25) is 0 Å². The fraction of sp³-hybridized carbons (Fsp3) is 0.833. The second-order valence-electron chi connectivity index (χ2n) is 4.30. The molecule has 0 saturated carbocycles. The van der Waals surface area contributed by atoms with Crippen LogP contribution in [0, 0.1) is 11.8 Å². The Labute approximate surface area is 92.7 Å². The zero-order valence-electron chi connectivity index (χ0n) is 9.68. The largest absolute Gasteiger partial charge is 0.313 e. The Balaban J connectivity index is 2.46. The highest BCUT2D eigenvalue weighted by Gasteiger charge is 2.14. The van der Waals surface area contributed by atoms with E-state index in [2.05, 4.69) is 43.9 Å². The molecule has 0 spiro atoms. The molecule has 1 atom stereocenters. The van der Waals surface area contributed by atoms with E-state index in [1.807, 2.05) is 0 Å². The van der Waals surface area contributed by atoms with Gasteiger partial charge in [-0.3, -0.25) is 0 Å². The molecule has 0 aromatic rings. The van der Waals surface area contributed by atoms with E-state index in [9.17, 15) is 0 Å². The summed E-state index contributed by atoms with van der Waals surface area (Å²) in [6.45, 7) is 8.92. The van der Waals surface area contributed by atoms with Crippen LogP contribution < -0.4 is 5.32 Å². The van der Waals surface area contributed by atoms with Gasteiger partial charge in [0.15, 0.2) is 0 Å². The molecule has 0 bridgehead atoms. The fourth-order valence-electron chi connectivity index (χ4n) is 1.71. The standard InChI is InChI=1S/C12H23NS/c1-4-13-8-12(10(2)3)7-11-5-6-14-9-11/h7,10-11,13H,4-6,8-9H2,1-3H3. The zero-order chi connectivity index (χ0) is 10.4. The molecule has 0 aromatic carbocycles. The lowest BCUT2D eigenvalue weighted by Gasteiger charge is -2.14. The van der Waals surface area contributed by atoms with Crippen LogP contribution >= 0.6 is 11.8 Å². The van der Waals surface area contributed by atoms with Gasteiger partial charge in [0.1, 0.15) is 0 Å². The van der Waals surface area contributed by atoms with Crippen LogP contribution in [0.25, 0.3) is 0 Å². The van der Waals surface area contributed by atoms with Crippen molar-refractivity contribution in [1.29, 1.82) is 0 Å². The van der Waals surface area contributed by atoms with Gasteiger partial charge in [0.25, 0.3) is 0 Å². The summed E-state index contributed by atoms with van der Waals surface area (Å²) >= 11 is 2.09. The maximum atomic E-state index is 3.43. The first-order valence-electron chi connectivity index (χ1n) is 5.73. The molecule has 1 aliphatic rings. The molecule has 0 aromatic heterocycles. The quantitative estimate of drug-likeness (QED) is 0.705. The summed E-state index contributed by atoms with van der Waals surface area (Å²) in [6, 6.07) is 0. The number of rotatable bonds is 5. The van der Waals surface area contributed by atoms with E-state index >= 15 is 0 Å². The van der Waals surface area contributed by atoms with Crippen LogP contribution in [0.5, 0.6) is 0 Å². The van der Waals surface area contributed by atoms with Crippen LogP contribution in [0.1, 0.15) is 27.2 Å². The Morgan fingerprint density at radius 3 is 2.86 bits per heavy atom. The smallest absolute Gasteiger partial charge is 0.0167 e. The van der Waals surface area contributed by atoms with E-state index in [0.29, 0.717) is 5.92 Å². The molecule has 82 valence electrons. The third-order valence-electron chi connectivity index (χ3n) is 2.74. The minimum absolute atomic E-state index is 0.694. The number of allylic oxidation sites excluding steroid dienone is 1. The Hall–Kier alpha value is 0.0500. The first-order valence-corrected chi connectivity index (χ1v) is 6.88. The second-order valence-corrected chi connectivity index (χ2v) is 5.45. The summed E-state index contributed by atoms with van der Waals surface area (Å²) in [4.78, 5) is 0. The first-order chi connectivity index (χ1) is 6.74. The number of thioether (sulfide) groups is 1. The van der Waals surface area contributed by atoms with Crippen LogP contribution in [-0.4, -0.2) is 24.6 Å². The van der Waals surface area contributed by atoms with Crippen molar-refractivity contribution in [3.8, 4) is 0 Å². The molecular formula is C12H23NS. The first kappa shape index (κ1) is 12.1. The Kier molecular flexibility index (Phi) is 5.64. The highest BCUT2D eigenvalue weighted by molar-refractivity contribution is 7.99. The Morgan fingerprint density at radius 2 is 2.36 bits per heavy atom. The van der Waals surface area contributed by atoms with Crippen LogP contribution in [0.4, 0.5) is 0 Å². The predicted molar refractivity (Wildman–Crippen MR) is 66.9 cm³/mol. The van der Waals surface area contributed by atoms with Crippen molar-refractivity contribution in [2.24, 2.45) is 11.8 Å². The van der Waals surface area contributed by atoms with Crippen molar-refractivity contribution in [2.75, 3.05) is 24.6 Å². The van der Waals surface area contributed by atoms with Gasteiger partial charge in [-0.2, -0.15) is 11.8 Å². The minimum atomic E-state index is 0.694. The topological polar surface area (TPSA) is 12.0 Å². The predicted octanol–water partition coefficient (Wildman–Crippen LogP) is 2.93. The number of nitrogens with one attached hydrogen (secondary N) is 1. The number of hydrogen-bond acceptors (Lipinski definition) is 2. The molecule has 1 unspecified atom stereocenters. The van der Waals surface area contributed by atoms with Crippen molar-refractivity contribution >= 4 is 11.8 Å². The summed E-state index contributed by atoms with van der Waals surface area (Å²) in [5, 5.41) is 3.43. The van der Waals surface area contributed by atoms with Gasteiger partial charge in [-0.25, -0.2) is 0 Å². The zero-order valence-corrected chi connectivity index (χ0v) is 10.5. The molecule has 1 nitrogen and oxygen atoms in total. The van der Waals surface area contributed by atoms with Gasteiger partial charge in [0, 0.05) is 6.54 Å². The van der Waals surface area contributed by atoms with Gasteiger partial charge in [0.2, 0.25) is 0 Å². The van der Waals surface area contributed by atoms with Crippen molar-refractivity contribution in [1.82, 2.24) is 5.32 Å². The molecule has 14 heavy (non-hydrogen) atoms. The SMILES string of the molecule is CCNCC(=CC1CCSC1)C(C)C. The monoisotopic (exact) mass is 213 g/mol. The lowest BCUT2D eigenvalue weighted by Crippen LogP contribution is -2.19. The van der Waals surface area contributed by atoms with Gasteiger partial charge in [-0.05, 0) is 36.3 Å². The maximum Gasteiger partial charge on any atom is 0.0167 e. The van der Waals surface area contributed by atoms with Gasteiger partial charge in [-0.15, -0.1) is 0 Å². The number of hydrogen-bond donors (Lipinski definition) is 1. The summed E-state index contributed by atoms with van der Waals surface area (Å²) in [5.41, 5.74) is 1.60. The number of likely N-dealkylation sites (N-methyl/N-ethyl adjacent to an activating group) is 1. The molecule has 1 heterocycles. The van der Waals surface area contributed by atoms with Gasteiger partial charge in [0.05, 0.1) is 0 Å². The molecule has 1 rings (SSSR count). The maximum absolute atomic E-state index is 3.43. The van der Waals surface area contributed by atoms with Gasteiger partial charge < -0.3 is 5.32 Å². The van der Waals surface area contributed by atoms with Gasteiger partial charge >= 0.3 is 0 Å². The van der Waals surface area contributed by atoms with Crippen LogP contribution in [-0.2, 0) is 0 Å². The van der Waals surface area contributed by atoms with E-state index in [4.69, 9.17) is 0 Å². The average molecular weight is 213 g/mol. The van der Waals surface area contributed by atoms with Crippen molar-refractivity contribution in [3.05, 3.63) is 11.6 Å². The average Bonchev–Trinajstić information content (AvgIpc) is 2.64. The van der Waals surface area contributed by atoms with E-state index in [1.54, 1.807) is 5.57 Å². The summed E-state index contributed by atoms with van der Waals surface area (Å²) in [5.74, 6) is 4.23. The highest BCUT2D eigenvalue weighted by Crippen LogP contribution is 2.26. The highest BCUT2D eigenvalue weighted by atomic mass is 32.2. The molecule has 0 amide bonds. The molecule has 1 aliphatic heterocycles. The van der Waals surface area contributed by atoms with Crippen LogP contribution in [0.15, 0.2) is 11.6 Å². The lowest BCUT2D eigenvalue weighted by atomic mass is 9.97. The van der Waals surface area contributed by atoms with Crippen molar-refractivity contribution < 1.29 is 0 Å². The Morgan fingerprint density at radius 1 is 1.57 bits per heavy atom. The normalized spacial score (nSPS) is 23.4. The van der Waals surface area contributed by atoms with Crippen molar-refractivity contribution in [3.63, 3.8) is 0 Å². The Bertz CT molecular complexity index is 181. The fourth-order valence-corrected chi connectivity index (χ4v) is 2.91. The third-order valence-corrected chi connectivity index (χ3v) is 3.92. The van der Waals surface area contributed by atoms with Crippen molar-refractivity contribution in [2.45, 2.75) is 27.2 Å². The lowest BCUT2D eigenvalue weighted by molar-refractivity contribution is 0.648. The van der Waals surface area contributed by atoms with Gasteiger partial charge in [-0.1, -0.05) is 32.4 Å².